The smallest absolute Gasteiger partial charge is 0.325 e. The third-order valence-corrected chi connectivity index (χ3v) is 11.1. The summed E-state index contributed by atoms with van der Waals surface area (Å²) in [4.78, 5) is 72.1. The number of amides is 5. The van der Waals surface area contributed by atoms with Crippen LogP contribution in [-0.2, 0) is 33.9 Å². The fourth-order valence-electron chi connectivity index (χ4n) is 6.12. The van der Waals surface area contributed by atoms with E-state index >= 15 is 0 Å². The molecule has 2 aliphatic carbocycles. The van der Waals surface area contributed by atoms with Crippen LogP contribution >= 0.6 is 0 Å². The summed E-state index contributed by atoms with van der Waals surface area (Å²) in [7, 11) is -1.19. The second kappa shape index (κ2) is 14.4. The first kappa shape index (κ1) is 37.3. The topological polar surface area (TPSA) is 211 Å². The lowest BCUT2D eigenvalue weighted by Crippen LogP contribution is -2.61. The summed E-state index contributed by atoms with van der Waals surface area (Å²) in [6.45, 7) is 8.38. The minimum absolute atomic E-state index is 0.0198. The largest absolute Gasteiger partial charge is 0.497 e. The van der Waals surface area contributed by atoms with Crippen LogP contribution in [0, 0.1) is 11.3 Å². The molecule has 0 spiro atoms. The number of pyridine rings is 1. The Morgan fingerprint density at radius 1 is 1.14 bits per heavy atom. The number of ether oxygens (including phenoxy) is 3. The van der Waals surface area contributed by atoms with Crippen molar-refractivity contribution in [3.8, 4) is 11.6 Å². The van der Waals surface area contributed by atoms with E-state index in [9.17, 15) is 32.4 Å². The number of aromatic nitrogens is 1. The van der Waals surface area contributed by atoms with Gasteiger partial charge in [-0.3, -0.25) is 23.9 Å². The first-order valence-corrected chi connectivity index (χ1v) is 18.1. The molecule has 0 radical (unpaired) electrons. The first-order chi connectivity index (χ1) is 24.0. The first-order valence-electron chi connectivity index (χ1n) is 16.5. The Morgan fingerprint density at radius 2 is 1.86 bits per heavy atom. The van der Waals surface area contributed by atoms with Gasteiger partial charge in [-0.1, -0.05) is 26.8 Å². The van der Waals surface area contributed by atoms with Gasteiger partial charge >= 0.3 is 12.0 Å². The van der Waals surface area contributed by atoms with Crippen molar-refractivity contribution in [3.05, 3.63) is 43.1 Å². The highest BCUT2D eigenvalue weighted by atomic mass is 32.2. The van der Waals surface area contributed by atoms with Crippen LogP contribution in [0.5, 0.6) is 11.6 Å². The van der Waals surface area contributed by atoms with Crippen molar-refractivity contribution in [2.24, 2.45) is 11.3 Å². The summed E-state index contributed by atoms with van der Waals surface area (Å²) < 4.78 is 43.6. The van der Waals surface area contributed by atoms with Crippen molar-refractivity contribution in [2.75, 3.05) is 27.3 Å². The maximum Gasteiger partial charge on any atom is 0.325 e. The third kappa shape index (κ3) is 8.18. The number of urea groups is 1. The van der Waals surface area contributed by atoms with Gasteiger partial charge in [-0.2, -0.15) is 0 Å². The van der Waals surface area contributed by atoms with Crippen molar-refractivity contribution in [2.45, 2.75) is 75.4 Å². The minimum atomic E-state index is -3.92. The van der Waals surface area contributed by atoms with E-state index in [1.165, 1.54) is 18.1 Å². The summed E-state index contributed by atoms with van der Waals surface area (Å²) in [6.07, 6.45) is 3.26. The fourth-order valence-corrected chi connectivity index (χ4v) is 7.49. The number of benzene rings is 1. The van der Waals surface area contributed by atoms with Crippen molar-refractivity contribution < 1.29 is 46.6 Å². The zero-order valence-corrected chi connectivity index (χ0v) is 30.0. The van der Waals surface area contributed by atoms with Crippen LogP contribution < -0.4 is 30.1 Å². The van der Waals surface area contributed by atoms with E-state index in [1.54, 1.807) is 52.3 Å². The normalized spacial score (nSPS) is 23.4. The Hall–Kier alpha value is -4.93. The lowest BCUT2D eigenvalue weighted by atomic mass is 9.85. The maximum absolute atomic E-state index is 14.4. The molecular formula is C34H44N6O10S. The van der Waals surface area contributed by atoms with Gasteiger partial charge in [0.2, 0.25) is 27.7 Å². The van der Waals surface area contributed by atoms with Crippen LogP contribution in [0.2, 0.25) is 0 Å². The van der Waals surface area contributed by atoms with Gasteiger partial charge in [0.25, 0.3) is 5.91 Å². The Bertz CT molecular complexity index is 1840. The van der Waals surface area contributed by atoms with E-state index in [0.717, 1.165) is 5.39 Å². The highest BCUT2D eigenvalue weighted by molar-refractivity contribution is 7.91. The average molecular weight is 729 g/mol. The molecular weight excluding hydrogens is 684 g/mol. The highest BCUT2D eigenvalue weighted by Crippen LogP contribution is 2.45. The Kier molecular flexibility index (Phi) is 10.5. The van der Waals surface area contributed by atoms with E-state index in [0.29, 0.717) is 24.0 Å². The molecule has 1 aromatic carbocycles. The second-order valence-corrected chi connectivity index (χ2v) is 16.0. The molecule has 5 amide bonds. The van der Waals surface area contributed by atoms with Gasteiger partial charge < -0.3 is 35.1 Å². The van der Waals surface area contributed by atoms with Crippen LogP contribution in [0.25, 0.3) is 10.8 Å². The number of carbonyl (C=O) groups excluding carboxylic acids is 5. The van der Waals surface area contributed by atoms with Crippen molar-refractivity contribution in [1.29, 1.82) is 0 Å². The number of esters is 1. The Morgan fingerprint density at radius 3 is 2.47 bits per heavy atom. The molecule has 0 unspecified atom stereocenters. The average Bonchev–Trinajstić information content (AvgIpc) is 4.02. The molecule has 1 aromatic heterocycles. The van der Waals surface area contributed by atoms with Gasteiger partial charge in [-0.05, 0) is 54.3 Å². The SMILES string of the molecule is C=C[C@@H]1C[C@]1(NC(=O)[C@@H]1C[C@@H](Oc2nccc3cc(OC)ccc23)CN1C(=O)[C@@H](NC(=O)NCC(=O)OC)C(C)(C)C)C(=O)NS(=O)(=O)C1CC1. The van der Waals surface area contributed by atoms with Crippen molar-refractivity contribution in [3.63, 3.8) is 0 Å². The van der Waals surface area contributed by atoms with Gasteiger partial charge in [-0.25, -0.2) is 18.2 Å². The van der Waals surface area contributed by atoms with E-state index in [1.807, 2.05) is 6.07 Å². The third-order valence-electron chi connectivity index (χ3n) is 9.32. The molecule has 5 rings (SSSR count). The summed E-state index contributed by atoms with van der Waals surface area (Å²) >= 11 is 0. The number of methoxy groups -OCH3 is 2. The zero-order chi connectivity index (χ0) is 37.3. The monoisotopic (exact) mass is 728 g/mol. The molecule has 2 saturated carbocycles. The summed E-state index contributed by atoms with van der Waals surface area (Å²) in [5, 5.41) is 8.51. The van der Waals surface area contributed by atoms with Gasteiger partial charge in [0.05, 0.1) is 26.0 Å². The predicted octanol–water partition coefficient (Wildman–Crippen LogP) is 1.15. The standard InChI is InChI=1S/C34H44N6O10S/c1-7-20-16-34(20,31(44)39-51(46,47)23-9-10-23)38-28(42)25-15-22(50-29-24-11-8-21(48-5)14-19(24)12-13-35-29)18-40(25)30(43)27(33(2,3)4)37-32(45)36-17-26(41)49-6/h7-8,11-14,20,22-23,25,27H,1,9-10,15-18H2,2-6H3,(H,38,42)(H,39,44)(H2,36,37,45)/t20-,22-,25+,27-,34-/m1/s1. The lowest BCUT2D eigenvalue weighted by molar-refractivity contribution is -0.142. The number of rotatable bonds is 13. The van der Waals surface area contributed by atoms with Gasteiger partial charge in [0.15, 0.2) is 0 Å². The van der Waals surface area contributed by atoms with E-state index < -0.39 is 86.6 Å². The Balaban J connectivity index is 1.43. The lowest BCUT2D eigenvalue weighted by Gasteiger charge is -2.35. The quantitative estimate of drug-likeness (QED) is 0.170. The predicted molar refractivity (Wildman–Crippen MR) is 184 cm³/mol. The van der Waals surface area contributed by atoms with Crippen LogP contribution in [0.15, 0.2) is 43.1 Å². The molecule has 1 saturated heterocycles. The highest BCUT2D eigenvalue weighted by Gasteiger charge is 2.62. The van der Waals surface area contributed by atoms with Gasteiger partial charge in [-0.15, -0.1) is 6.58 Å². The molecule has 276 valence electrons. The molecule has 0 bridgehead atoms. The Labute approximate surface area is 296 Å². The van der Waals surface area contributed by atoms with Gasteiger partial charge in [0.1, 0.15) is 36.0 Å². The zero-order valence-electron chi connectivity index (χ0n) is 29.2. The summed E-state index contributed by atoms with van der Waals surface area (Å²) in [5.41, 5.74) is -2.46. The van der Waals surface area contributed by atoms with E-state index in [4.69, 9.17) is 9.47 Å². The molecule has 4 N–H and O–H groups in total. The molecule has 16 nitrogen and oxygen atoms in total. The minimum Gasteiger partial charge on any atom is -0.497 e. The number of hydrogen-bond donors (Lipinski definition) is 4. The summed E-state index contributed by atoms with van der Waals surface area (Å²) in [6, 6.07) is 3.95. The molecule has 2 heterocycles. The second-order valence-electron chi connectivity index (χ2n) is 14.1. The number of likely N-dealkylation sites (tertiary alicyclic amines) is 1. The number of nitrogens with zero attached hydrogens (tertiary/aromatic N) is 2. The van der Waals surface area contributed by atoms with E-state index in [-0.39, 0.29) is 25.3 Å². The van der Waals surface area contributed by atoms with E-state index in [2.05, 4.69) is 37.0 Å². The molecule has 3 aliphatic rings. The molecule has 1 aliphatic heterocycles. The molecule has 2 aromatic rings. The number of sulfonamides is 1. The van der Waals surface area contributed by atoms with Crippen LogP contribution in [0.1, 0.15) is 46.5 Å². The van der Waals surface area contributed by atoms with Gasteiger partial charge in [0, 0.05) is 23.9 Å². The molecule has 5 atom stereocenters. The van der Waals surface area contributed by atoms with Crippen LogP contribution in [0.4, 0.5) is 4.79 Å². The number of nitrogens with one attached hydrogen (secondary N) is 4. The number of fused-ring (bicyclic) bond motifs is 1. The number of carbonyl (C=O) groups is 5. The molecule has 17 heteroatoms. The molecule has 51 heavy (non-hydrogen) atoms. The number of hydrogen-bond acceptors (Lipinski definition) is 11. The maximum atomic E-state index is 14.4. The van der Waals surface area contributed by atoms with Crippen LogP contribution in [-0.4, -0.2) is 104 Å². The van der Waals surface area contributed by atoms with Crippen LogP contribution in [0.3, 0.4) is 0 Å². The summed E-state index contributed by atoms with van der Waals surface area (Å²) in [5.74, 6) is -2.56. The van der Waals surface area contributed by atoms with Crippen molar-refractivity contribution in [1.82, 2.24) is 30.6 Å². The molecule has 3 fully saturated rings. The van der Waals surface area contributed by atoms with Crippen molar-refractivity contribution >= 4 is 50.5 Å². The fraction of sp³-hybridized carbons (Fsp3) is 0.529.